The maximum atomic E-state index is 10.6. The third kappa shape index (κ3) is 2.21. The molecule has 1 aromatic rings. The predicted octanol–water partition coefficient (Wildman–Crippen LogP) is 2.02. The van der Waals surface area contributed by atoms with E-state index in [0.29, 0.717) is 5.92 Å². The van der Waals surface area contributed by atoms with Crippen molar-refractivity contribution in [2.24, 2.45) is 5.92 Å². The van der Waals surface area contributed by atoms with Gasteiger partial charge >= 0.3 is 0 Å². The van der Waals surface area contributed by atoms with Crippen molar-refractivity contribution < 1.29 is 10.0 Å². The molecule has 1 atom stereocenters. The molecule has 3 saturated heterocycles. The van der Waals surface area contributed by atoms with E-state index in [-0.39, 0.29) is 5.69 Å². The smallest absolute Gasteiger partial charge is 0.269 e. The molecular weight excluding hydrogens is 244 g/mol. The molecule has 1 aromatic carbocycles. The molecular formula is C14H16N2O3. The van der Waals surface area contributed by atoms with Crippen molar-refractivity contribution >= 4 is 11.8 Å². The third-order valence-electron chi connectivity index (χ3n) is 4.07. The summed E-state index contributed by atoms with van der Waals surface area (Å²) >= 11 is 0. The quantitative estimate of drug-likeness (QED) is 0.652. The van der Waals surface area contributed by atoms with Crippen LogP contribution in [0, 0.1) is 16.0 Å². The highest BCUT2D eigenvalue weighted by atomic mass is 16.6. The number of hydrogen-bond donors (Lipinski definition) is 1. The summed E-state index contributed by atoms with van der Waals surface area (Å²) in [6.45, 7) is 2.00. The summed E-state index contributed by atoms with van der Waals surface area (Å²) in [6, 6.07) is 6.44. The Morgan fingerprint density at radius 1 is 1.26 bits per heavy atom. The number of nitro benzene ring substituents is 1. The fraction of sp³-hybridized carbons (Fsp3) is 0.429. The number of nitro groups is 1. The van der Waals surface area contributed by atoms with Crippen LogP contribution in [0.5, 0.6) is 0 Å². The second-order valence-corrected chi connectivity index (χ2v) is 5.19. The molecule has 5 heteroatoms. The van der Waals surface area contributed by atoms with E-state index in [1.807, 2.05) is 6.08 Å². The highest BCUT2D eigenvalue weighted by Gasteiger charge is 2.36. The van der Waals surface area contributed by atoms with Crippen molar-refractivity contribution in [2.75, 3.05) is 13.1 Å². The number of piperidine rings is 3. The van der Waals surface area contributed by atoms with E-state index < -0.39 is 11.0 Å². The molecule has 4 rings (SSSR count). The topological polar surface area (TPSA) is 66.6 Å². The van der Waals surface area contributed by atoms with Gasteiger partial charge in [0.05, 0.1) is 11.0 Å². The van der Waals surface area contributed by atoms with E-state index in [4.69, 9.17) is 0 Å². The van der Waals surface area contributed by atoms with Crippen LogP contribution in [0.3, 0.4) is 0 Å². The Kier molecular flexibility index (Phi) is 2.98. The van der Waals surface area contributed by atoms with Crippen molar-refractivity contribution in [1.82, 2.24) is 4.90 Å². The largest absolute Gasteiger partial charge is 0.387 e. The predicted molar refractivity (Wildman–Crippen MR) is 71.4 cm³/mol. The van der Waals surface area contributed by atoms with Gasteiger partial charge in [-0.15, -0.1) is 0 Å². The summed E-state index contributed by atoms with van der Waals surface area (Å²) in [4.78, 5) is 12.4. The van der Waals surface area contributed by atoms with E-state index in [2.05, 4.69) is 4.90 Å². The van der Waals surface area contributed by atoms with Crippen LogP contribution in [0.2, 0.25) is 0 Å². The van der Waals surface area contributed by atoms with Crippen LogP contribution in [-0.2, 0) is 0 Å². The van der Waals surface area contributed by atoms with Crippen LogP contribution < -0.4 is 0 Å². The number of hydrogen-bond acceptors (Lipinski definition) is 4. The highest BCUT2D eigenvalue weighted by molar-refractivity contribution is 5.56. The second kappa shape index (κ2) is 4.66. The Hall–Kier alpha value is -1.88. The number of benzene rings is 1. The molecule has 0 aromatic heterocycles. The first-order chi connectivity index (χ1) is 9.15. The van der Waals surface area contributed by atoms with Crippen molar-refractivity contribution in [2.45, 2.75) is 18.9 Å². The van der Waals surface area contributed by atoms with Crippen LogP contribution in [0.4, 0.5) is 5.69 Å². The molecule has 100 valence electrons. The van der Waals surface area contributed by atoms with Crippen molar-refractivity contribution in [3.63, 3.8) is 0 Å². The summed E-state index contributed by atoms with van der Waals surface area (Å²) in [5.41, 5.74) is 1.94. The lowest BCUT2D eigenvalue weighted by molar-refractivity contribution is -0.384. The Labute approximate surface area is 111 Å². The van der Waals surface area contributed by atoms with E-state index >= 15 is 0 Å². The Bertz CT molecular complexity index is 512. The van der Waals surface area contributed by atoms with Gasteiger partial charge in [-0.25, -0.2) is 0 Å². The van der Waals surface area contributed by atoms with E-state index in [1.54, 1.807) is 12.1 Å². The van der Waals surface area contributed by atoms with Crippen LogP contribution in [0.15, 0.2) is 30.0 Å². The van der Waals surface area contributed by atoms with Crippen LogP contribution in [0.25, 0.3) is 6.08 Å². The van der Waals surface area contributed by atoms with Gasteiger partial charge in [-0.2, -0.15) is 0 Å². The number of nitrogens with zero attached hydrogens (tertiary/aromatic N) is 2. The zero-order valence-corrected chi connectivity index (χ0v) is 10.5. The molecule has 3 aliphatic rings. The van der Waals surface area contributed by atoms with Gasteiger partial charge in [-0.3, -0.25) is 10.1 Å². The van der Waals surface area contributed by atoms with Gasteiger partial charge in [0.1, 0.15) is 0 Å². The maximum absolute atomic E-state index is 10.6. The summed E-state index contributed by atoms with van der Waals surface area (Å²) in [5, 5.41) is 20.8. The van der Waals surface area contributed by atoms with Crippen LogP contribution >= 0.6 is 0 Å². The molecule has 19 heavy (non-hydrogen) atoms. The summed E-state index contributed by atoms with van der Waals surface area (Å²) in [5.74, 6) is 0.370. The number of fused-ring (bicyclic) bond motifs is 3. The molecule has 0 aliphatic carbocycles. The molecule has 0 spiro atoms. The van der Waals surface area contributed by atoms with Gasteiger partial charge in [0.2, 0.25) is 0 Å². The zero-order chi connectivity index (χ0) is 13.4. The molecule has 5 nitrogen and oxygen atoms in total. The standard InChI is InChI=1S/C14H16N2O3/c17-14-11-5-7-15(8-6-11)13(14)9-10-1-3-12(4-2-10)16(18)19/h1-4,9,11,14,17H,5-8H2. The minimum absolute atomic E-state index is 0.0909. The second-order valence-electron chi connectivity index (χ2n) is 5.19. The first-order valence-electron chi connectivity index (χ1n) is 6.54. The molecule has 0 radical (unpaired) electrons. The van der Waals surface area contributed by atoms with Gasteiger partial charge in [0.25, 0.3) is 5.69 Å². The molecule has 0 saturated carbocycles. The minimum atomic E-state index is -0.405. The average molecular weight is 260 g/mol. The Balaban J connectivity index is 1.86. The van der Waals surface area contributed by atoms with Crippen molar-refractivity contribution in [3.05, 3.63) is 45.6 Å². The van der Waals surface area contributed by atoms with Gasteiger partial charge in [0.15, 0.2) is 0 Å². The number of aliphatic hydroxyl groups excluding tert-OH is 1. The lowest BCUT2D eigenvalue weighted by Gasteiger charge is -2.45. The van der Waals surface area contributed by atoms with Gasteiger partial charge in [0, 0.05) is 30.9 Å². The fourth-order valence-corrected chi connectivity index (χ4v) is 2.94. The zero-order valence-electron chi connectivity index (χ0n) is 10.5. The first kappa shape index (κ1) is 12.2. The number of rotatable bonds is 2. The lowest BCUT2D eigenvalue weighted by Crippen LogP contribution is -2.48. The van der Waals surface area contributed by atoms with Crippen LogP contribution in [-0.4, -0.2) is 34.1 Å². The van der Waals surface area contributed by atoms with Gasteiger partial charge in [-0.1, -0.05) is 0 Å². The summed E-state index contributed by atoms with van der Waals surface area (Å²) in [7, 11) is 0. The normalized spacial score (nSPS) is 27.8. The molecule has 1 N–H and O–H groups in total. The monoisotopic (exact) mass is 260 g/mol. The molecule has 1 unspecified atom stereocenters. The molecule has 3 fully saturated rings. The Morgan fingerprint density at radius 2 is 1.89 bits per heavy atom. The lowest BCUT2D eigenvalue weighted by atomic mass is 9.83. The molecule has 2 bridgehead atoms. The highest BCUT2D eigenvalue weighted by Crippen LogP contribution is 2.35. The SMILES string of the molecule is O=[N+]([O-])c1ccc(C=C2C(O)C3CCN2CC3)cc1. The maximum Gasteiger partial charge on any atom is 0.269 e. The number of non-ortho nitro benzene ring substituents is 1. The fourth-order valence-electron chi connectivity index (χ4n) is 2.94. The summed E-state index contributed by atoms with van der Waals surface area (Å²) < 4.78 is 0. The molecule has 0 amide bonds. The van der Waals surface area contributed by atoms with Gasteiger partial charge in [-0.05, 0) is 42.5 Å². The van der Waals surface area contributed by atoms with Crippen molar-refractivity contribution in [3.8, 4) is 0 Å². The third-order valence-corrected chi connectivity index (χ3v) is 4.07. The van der Waals surface area contributed by atoms with E-state index in [0.717, 1.165) is 37.2 Å². The van der Waals surface area contributed by atoms with E-state index in [1.165, 1.54) is 12.1 Å². The average Bonchev–Trinajstić information content (AvgIpc) is 2.44. The summed E-state index contributed by atoms with van der Waals surface area (Å²) in [6.07, 6.45) is 3.66. The molecule has 3 heterocycles. The Morgan fingerprint density at radius 3 is 2.42 bits per heavy atom. The van der Waals surface area contributed by atoms with Crippen molar-refractivity contribution in [1.29, 1.82) is 0 Å². The molecule has 3 aliphatic heterocycles. The first-order valence-corrected chi connectivity index (χ1v) is 6.54. The number of aliphatic hydroxyl groups is 1. The minimum Gasteiger partial charge on any atom is -0.387 e. The van der Waals surface area contributed by atoms with E-state index in [9.17, 15) is 15.2 Å². The van der Waals surface area contributed by atoms with Crippen LogP contribution in [0.1, 0.15) is 18.4 Å². The van der Waals surface area contributed by atoms with Gasteiger partial charge < -0.3 is 10.0 Å².